The number of halogens is 1. The first-order chi connectivity index (χ1) is 11.9. The van der Waals surface area contributed by atoms with Crippen molar-refractivity contribution in [1.82, 2.24) is 4.90 Å². The Morgan fingerprint density at radius 1 is 1.32 bits per heavy atom. The predicted molar refractivity (Wildman–Crippen MR) is 96.6 cm³/mol. The Morgan fingerprint density at radius 3 is 2.68 bits per heavy atom. The van der Waals surface area contributed by atoms with Crippen LogP contribution in [-0.2, 0) is 17.7 Å². The fraction of sp³-hybridized carbons (Fsp3) is 0.267. The highest BCUT2D eigenvalue weighted by Crippen LogP contribution is 2.37. The monoisotopic (exact) mass is 399 g/mol. The van der Waals surface area contributed by atoms with Crippen LogP contribution in [0.3, 0.4) is 0 Å². The van der Waals surface area contributed by atoms with Gasteiger partial charge in [0.2, 0.25) is 0 Å². The van der Waals surface area contributed by atoms with Gasteiger partial charge in [0, 0.05) is 11.4 Å². The molecule has 0 fully saturated rings. The molecule has 3 amide bonds. The first kappa shape index (κ1) is 17.7. The molecule has 25 heavy (non-hydrogen) atoms. The van der Waals surface area contributed by atoms with Crippen LogP contribution in [0.4, 0.5) is 9.80 Å². The number of rotatable bonds is 3. The number of anilines is 1. The first-order valence-corrected chi connectivity index (χ1v) is 9.25. The summed E-state index contributed by atoms with van der Waals surface area (Å²) in [4.78, 5) is 38.7. The molecular formula is C15H14ClN3O4S2. The van der Waals surface area contributed by atoms with Crippen LogP contribution in [0.5, 0.6) is 0 Å². The van der Waals surface area contributed by atoms with Crippen molar-refractivity contribution in [3.8, 4) is 0 Å². The third-order valence-corrected chi connectivity index (χ3v) is 6.12. The van der Waals surface area contributed by atoms with E-state index in [0.29, 0.717) is 39.3 Å². The lowest BCUT2D eigenvalue weighted by atomic mass is 10.0. The van der Waals surface area contributed by atoms with E-state index in [9.17, 15) is 14.4 Å². The number of thiophene rings is 2. The van der Waals surface area contributed by atoms with Gasteiger partial charge in [-0.3, -0.25) is 9.59 Å². The second-order valence-corrected chi connectivity index (χ2v) is 8.09. The molecule has 0 atom stereocenters. The molecular weight excluding hydrogens is 386 g/mol. The quantitative estimate of drug-likeness (QED) is 0.828. The predicted octanol–water partition coefficient (Wildman–Crippen LogP) is 2.94. The van der Waals surface area contributed by atoms with Crippen LogP contribution in [-0.4, -0.2) is 36.5 Å². The summed E-state index contributed by atoms with van der Waals surface area (Å²) >= 11 is 8.23. The van der Waals surface area contributed by atoms with Crippen molar-refractivity contribution in [2.45, 2.75) is 13.0 Å². The molecule has 10 heteroatoms. The molecule has 2 aromatic heterocycles. The number of ether oxygens (including phenoxy) is 1. The Hall–Kier alpha value is -2.10. The molecule has 3 rings (SSSR count). The Labute approximate surface area is 156 Å². The van der Waals surface area contributed by atoms with Gasteiger partial charge in [-0.2, -0.15) is 0 Å². The number of carbonyl (C=O) groups excluding carboxylic acids is 3. The van der Waals surface area contributed by atoms with Gasteiger partial charge in [0.1, 0.15) is 5.00 Å². The molecule has 0 aliphatic carbocycles. The second kappa shape index (κ2) is 7.03. The standard InChI is InChI=1S/C15H14ClN3O4S2/c1-23-15(22)19-5-4-7-9(6-19)25-14(11(7)12(17)20)18-13(21)8-2-3-10(16)24-8/h2-3H,4-6H2,1H3,(H2,17,20)(H,18,21). The zero-order valence-electron chi connectivity index (χ0n) is 13.1. The number of nitrogens with zero attached hydrogens (tertiary/aromatic N) is 1. The van der Waals surface area contributed by atoms with Crippen LogP contribution >= 0.6 is 34.3 Å². The van der Waals surface area contributed by atoms with Crippen molar-refractivity contribution >= 4 is 57.2 Å². The van der Waals surface area contributed by atoms with Gasteiger partial charge in [0.25, 0.3) is 11.8 Å². The van der Waals surface area contributed by atoms with Crippen molar-refractivity contribution in [3.63, 3.8) is 0 Å². The van der Waals surface area contributed by atoms with E-state index in [-0.39, 0.29) is 5.91 Å². The number of carbonyl (C=O) groups is 3. The van der Waals surface area contributed by atoms with E-state index in [4.69, 9.17) is 22.1 Å². The van der Waals surface area contributed by atoms with Crippen LogP contribution in [0, 0.1) is 0 Å². The lowest BCUT2D eigenvalue weighted by Gasteiger charge is -2.25. The average molecular weight is 400 g/mol. The molecule has 0 unspecified atom stereocenters. The molecule has 3 heterocycles. The highest BCUT2D eigenvalue weighted by molar-refractivity contribution is 7.18. The van der Waals surface area contributed by atoms with Gasteiger partial charge in [-0.1, -0.05) is 11.6 Å². The SMILES string of the molecule is COC(=O)N1CCc2c(sc(NC(=O)c3ccc(Cl)s3)c2C(N)=O)C1. The molecule has 0 bridgehead atoms. The first-order valence-electron chi connectivity index (χ1n) is 7.24. The van der Waals surface area contributed by atoms with Crippen molar-refractivity contribution in [2.24, 2.45) is 5.73 Å². The van der Waals surface area contributed by atoms with E-state index in [2.05, 4.69) is 5.32 Å². The number of methoxy groups -OCH3 is 1. The molecule has 2 aromatic rings. The minimum Gasteiger partial charge on any atom is -0.453 e. The lowest BCUT2D eigenvalue weighted by Crippen LogP contribution is -2.35. The third-order valence-electron chi connectivity index (χ3n) is 3.76. The van der Waals surface area contributed by atoms with E-state index in [1.165, 1.54) is 23.3 Å². The Balaban J connectivity index is 1.90. The molecule has 0 radical (unpaired) electrons. The lowest BCUT2D eigenvalue weighted by molar-refractivity contribution is 0.0999. The molecule has 1 aliphatic rings. The normalized spacial score (nSPS) is 13.3. The largest absolute Gasteiger partial charge is 0.453 e. The molecule has 0 spiro atoms. The van der Waals surface area contributed by atoms with Crippen LogP contribution in [0.25, 0.3) is 0 Å². The van der Waals surface area contributed by atoms with E-state index >= 15 is 0 Å². The van der Waals surface area contributed by atoms with E-state index < -0.39 is 12.0 Å². The molecule has 132 valence electrons. The number of fused-ring (bicyclic) bond motifs is 1. The summed E-state index contributed by atoms with van der Waals surface area (Å²) in [5.41, 5.74) is 6.60. The summed E-state index contributed by atoms with van der Waals surface area (Å²) in [5.74, 6) is -0.966. The smallest absolute Gasteiger partial charge is 0.409 e. The maximum atomic E-state index is 12.3. The number of hydrogen-bond donors (Lipinski definition) is 2. The summed E-state index contributed by atoms with van der Waals surface area (Å²) < 4.78 is 5.23. The summed E-state index contributed by atoms with van der Waals surface area (Å²) in [6.07, 6.45) is 0.0402. The van der Waals surface area contributed by atoms with Crippen LogP contribution < -0.4 is 11.1 Å². The van der Waals surface area contributed by atoms with E-state index in [0.717, 1.165) is 21.8 Å². The minimum absolute atomic E-state index is 0.306. The molecule has 7 nitrogen and oxygen atoms in total. The summed E-state index contributed by atoms with van der Waals surface area (Å²) in [7, 11) is 1.32. The molecule has 1 aliphatic heterocycles. The van der Waals surface area contributed by atoms with Gasteiger partial charge < -0.3 is 20.7 Å². The number of nitrogens with two attached hydrogens (primary N) is 1. The van der Waals surface area contributed by atoms with Crippen molar-refractivity contribution < 1.29 is 19.1 Å². The minimum atomic E-state index is -0.608. The van der Waals surface area contributed by atoms with E-state index in [1.54, 1.807) is 12.1 Å². The zero-order valence-corrected chi connectivity index (χ0v) is 15.5. The fourth-order valence-corrected chi connectivity index (χ4v) is 4.84. The number of hydrogen-bond acceptors (Lipinski definition) is 6. The number of primary amides is 1. The molecule has 0 saturated heterocycles. The maximum Gasteiger partial charge on any atom is 0.409 e. The Morgan fingerprint density at radius 2 is 2.08 bits per heavy atom. The fourth-order valence-electron chi connectivity index (χ4n) is 2.64. The molecule has 0 saturated carbocycles. The van der Waals surface area contributed by atoms with Gasteiger partial charge in [0.15, 0.2) is 0 Å². The third kappa shape index (κ3) is 3.48. The summed E-state index contributed by atoms with van der Waals surface area (Å²) in [6.45, 7) is 0.734. The zero-order chi connectivity index (χ0) is 18.1. The van der Waals surface area contributed by atoms with Gasteiger partial charge >= 0.3 is 6.09 Å². The summed E-state index contributed by atoms with van der Waals surface area (Å²) in [5, 5.41) is 3.12. The van der Waals surface area contributed by atoms with Crippen LogP contribution in [0.1, 0.15) is 30.5 Å². The second-order valence-electron chi connectivity index (χ2n) is 5.27. The maximum absolute atomic E-state index is 12.3. The van der Waals surface area contributed by atoms with Crippen molar-refractivity contribution in [2.75, 3.05) is 19.0 Å². The molecule has 0 aromatic carbocycles. The van der Waals surface area contributed by atoms with Gasteiger partial charge in [-0.05, 0) is 24.1 Å². The Kier molecular flexibility index (Phi) is 4.98. The van der Waals surface area contributed by atoms with Gasteiger partial charge in [-0.15, -0.1) is 22.7 Å². The Bertz CT molecular complexity index is 861. The topological polar surface area (TPSA) is 102 Å². The van der Waals surface area contributed by atoms with Crippen LogP contribution in [0.15, 0.2) is 12.1 Å². The van der Waals surface area contributed by atoms with E-state index in [1.807, 2.05) is 0 Å². The van der Waals surface area contributed by atoms with Crippen molar-refractivity contribution in [3.05, 3.63) is 37.4 Å². The highest BCUT2D eigenvalue weighted by Gasteiger charge is 2.30. The average Bonchev–Trinajstić information content (AvgIpc) is 3.16. The van der Waals surface area contributed by atoms with Crippen LogP contribution in [0.2, 0.25) is 4.34 Å². The summed E-state index contributed by atoms with van der Waals surface area (Å²) in [6, 6.07) is 3.24. The molecule has 3 N–H and O–H groups in total. The number of nitrogens with one attached hydrogen (secondary N) is 1. The highest BCUT2D eigenvalue weighted by atomic mass is 35.5. The van der Waals surface area contributed by atoms with Gasteiger partial charge in [-0.25, -0.2) is 4.79 Å². The van der Waals surface area contributed by atoms with Crippen molar-refractivity contribution in [1.29, 1.82) is 0 Å². The van der Waals surface area contributed by atoms with Gasteiger partial charge in [0.05, 0.1) is 28.4 Å². The number of amides is 3.